The van der Waals surface area contributed by atoms with Crippen LogP contribution in [0.25, 0.3) is 22.1 Å². The number of furan rings is 1. The van der Waals surface area contributed by atoms with Crippen LogP contribution in [0.2, 0.25) is 0 Å². The molecular weight excluding hydrogens is 414 g/mol. The molecule has 31 heavy (non-hydrogen) atoms. The summed E-state index contributed by atoms with van der Waals surface area (Å²) in [5.41, 5.74) is 3.87. The Bertz CT molecular complexity index is 1170. The Kier molecular flexibility index (Phi) is 6.33. The van der Waals surface area contributed by atoms with Crippen molar-refractivity contribution in [2.24, 2.45) is 0 Å². The minimum Gasteiger partial charge on any atom is -0.467 e. The van der Waals surface area contributed by atoms with Crippen LogP contribution in [0.4, 0.5) is 4.79 Å². The number of hydrogen-bond donors (Lipinski definition) is 1. The van der Waals surface area contributed by atoms with Gasteiger partial charge in [-0.25, -0.2) is 9.59 Å². The molecule has 2 aromatic carbocycles. The van der Waals surface area contributed by atoms with E-state index in [0.717, 1.165) is 27.7 Å². The Labute approximate surface area is 183 Å². The van der Waals surface area contributed by atoms with Gasteiger partial charge in [-0.1, -0.05) is 36.4 Å². The summed E-state index contributed by atoms with van der Waals surface area (Å²) in [5, 5.41) is 7.62. The first-order valence-corrected chi connectivity index (χ1v) is 10.7. The van der Waals surface area contributed by atoms with Crippen LogP contribution < -0.4 is 5.32 Å². The van der Waals surface area contributed by atoms with Gasteiger partial charge in [0.25, 0.3) is 0 Å². The highest BCUT2D eigenvalue weighted by atomic mass is 32.1. The van der Waals surface area contributed by atoms with Crippen LogP contribution >= 0.6 is 11.3 Å². The summed E-state index contributed by atoms with van der Waals surface area (Å²) in [5.74, 6) is -0.0178. The molecule has 1 atom stereocenters. The Morgan fingerprint density at radius 1 is 1.06 bits per heavy atom. The molecule has 0 spiro atoms. The van der Waals surface area contributed by atoms with E-state index in [-0.39, 0.29) is 6.61 Å². The van der Waals surface area contributed by atoms with Gasteiger partial charge in [-0.05, 0) is 51.7 Å². The minimum atomic E-state index is -0.844. The van der Waals surface area contributed by atoms with Crippen molar-refractivity contribution in [2.75, 3.05) is 7.11 Å². The topological polar surface area (TPSA) is 77.8 Å². The Morgan fingerprint density at radius 3 is 2.65 bits per heavy atom. The first-order valence-electron chi connectivity index (χ1n) is 9.72. The zero-order chi connectivity index (χ0) is 21.6. The summed E-state index contributed by atoms with van der Waals surface area (Å²) in [6, 6.07) is 18.4. The van der Waals surface area contributed by atoms with Crippen LogP contribution in [-0.2, 0) is 27.3 Å². The molecule has 4 aromatic rings. The van der Waals surface area contributed by atoms with Gasteiger partial charge in [-0.15, -0.1) is 0 Å². The number of benzene rings is 2. The number of rotatable bonds is 7. The lowest BCUT2D eigenvalue weighted by Crippen LogP contribution is -2.43. The van der Waals surface area contributed by atoms with Crippen LogP contribution in [-0.4, -0.2) is 25.2 Å². The second-order valence-electron chi connectivity index (χ2n) is 6.96. The first kappa shape index (κ1) is 20.7. The number of amides is 1. The van der Waals surface area contributed by atoms with E-state index >= 15 is 0 Å². The average Bonchev–Trinajstić information content (AvgIpc) is 3.46. The first-order chi connectivity index (χ1) is 15.1. The van der Waals surface area contributed by atoms with E-state index < -0.39 is 18.1 Å². The maximum absolute atomic E-state index is 12.3. The predicted octanol–water partition coefficient (Wildman–Crippen LogP) is 5.17. The largest absolute Gasteiger partial charge is 0.467 e. The summed E-state index contributed by atoms with van der Waals surface area (Å²) >= 11 is 1.64. The zero-order valence-electron chi connectivity index (χ0n) is 16.9. The van der Waals surface area contributed by atoms with Crippen molar-refractivity contribution in [2.45, 2.75) is 19.1 Å². The third-order valence-electron chi connectivity index (χ3n) is 4.83. The van der Waals surface area contributed by atoms with Crippen molar-refractivity contribution in [1.82, 2.24) is 5.32 Å². The number of thiophene rings is 1. The fraction of sp³-hybridized carbons (Fsp3) is 0.167. The van der Waals surface area contributed by atoms with Crippen LogP contribution in [0.15, 0.2) is 75.8 Å². The molecule has 158 valence electrons. The van der Waals surface area contributed by atoms with Crippen molar-refractivity contribution in [3.8, 4) is 11.1 Å². The molecule has 7 heteroatoms. The molecule has 0 saturated heterocycles. The molecule has 2 aromatic heterocycles. The van der Waals surface area contributed by atoms with Gasteiger partial charge in [-0.3, -0.25) is 0 Å². The Hall–Kier alpha value is -3.58. The van der Waals surface area contributed by atoms with Crippen molar-refractivity contribution >= 4 is 34.4 Å². The summed E-state index contributed by atoms with van der Waals surface area (Å²) in [7, 11) is 1.28. The average molecular weight is 436 g/mol. The number of methoxy groups -OCH3 is 1. The van der Waals surface area contributed by atoms with E-state index in [1.807, 2.05) is 60.0 Å². The normalized spacial score (nSPS) is 11.8. The lowest BCUT2D eigenvalue weighted by Gasteiger charge is -2.16. The highest BCUT2D eigenvalue weighted by Crippen LogP contribution is 2.28. The molecule has 0 radical (unpaired) electrons. The number of hydrogen-bond acceptors (Lipinski definition) is 6. The van der Waals surface area contributed by atoms with Gasteiger partial charge in [-0.2, -0.15) is 11.3 Å². The van der Waals surface area contributed by atoms with E-state index in [4.69, 9.17) is 13.9 Å². The molecule has 0 saturated carbocycles. The molecule has 6 nitrogen and oxygen atoms in total. The van der Waals surface area contributed by atoms with Crippen molar-refractivity contribution < 1.29 is 23.5 Å². The highest BCUT2D eigenvalue weighted by Gasteiger charge is 2.23. The zero-order valence-corrected chi connectivity index (χ0v) is 17.7. The second kappa shape index (κ2) is 9.49. The van der Waals surface area contributed by atoms with Crippen LogP contribution in [0.5, 0.6) is 0 Å². The van der Waals surface area contributed by atoms with Crippen molar-refractivity contribution in [3.05, 3.63) is 82.7 Å². The number of nitrogens with one attached hydrogen (secondary N) is 1. The summed E-state index contributed by atoms with van der Waals surface area (Å²) in [6.07, 6.45) is -0.413. The van der Waals surface area contributed by atoms with E-state index in [1.54, 1.807) is 11.3 Å². The standard InChI is InChI=1S/C24H21NO5S/c1-28-23(26)21(11-16-5-3-2-4-6-16)25-24(27)29-14-20-13-19-12-17(7-8-22(19)30-20)18-9-10-31-15-18/h2-10,12-13,15,21H,11,14H2,1H3,(H,25,27)/t21-/m1/s1. The SMILES string of the molecule is COC(=O)[C@@H](Cc1ccccc1)NC(=O)OCc1cc2cc(-c3ccsc3)ccc2o1. The Balaban J connectivity index is 1.39. The maximum Gasteiger partial charge on any atom is 0.408 e. The van der Waals surface area contributed by atoms with E-state index in [1.165, 1.54) is 7.11 Å². The second-order valence-corrected chi connectivity index (χ2v) is 7.74. The Morgan fingerprint density at radius 2 is 1.90 bits per heavy atom. The summed E-state index contributed by atoms with van der Waals surface area (Å²) in [4.78, 5) is 24.3. The van der Waals surface area contributed by atoms with Crippen LogP contribution in [0, 0.1) is 0 Å². The van der Waals surface area contributed by atoms with Gasteiger partial charge in [0.1, 0.15) is 17.4 Å². The van der Waals surface area contributed by atoms with Gasteiger partial charge < -0.3 is 19.2 Å². The number of esters is 1. The van der Waals surface area contributed by atoms with E-state index in [0.29, 0.717) is 12.2 Å². The number of carbonyl (C=O) groups is 2. The molecule has 0 bridgehead atoms. The smallest absolute Gasteiger partial charge is 0.408 e. The maximum atomic E-state index is 12.3. The summed E-state index contributed by atoms with van der Waals surface area (Å²) in [6.45, 7) is -0.0481. The van der Waals surface area contributed by atoms with Gasteiger partial charge in [0.05, 0.1) is 7.11 Å². The molecule has 0 aliphatic rings. The molecule has 0 fully saturated rings. The lowest BCUT2D eigenvalue weighted by molar-refractivity contribution is -0.143. The van der Waals surface area contributed by atoms with E-state index in [2.05, 4.69) is 16.8 Å². The minimum absolute atomic E-state index is 0.0481. The monoisotopic (exact) mass is 435 g/mol. The van der Waals surface area contributed by atoms with Gasteiger partial charge in [0.2, 0.25) is 0 Å². The molecule has 0 aliphatic carbocycles. The molecule has 1 N–H and O–H groups in total. The van der Waals surface area contributed by atoms with Crippen molar-refractivity contribution in [1.29, 1.82) is 0 Å². The number of carbonyl (C=O) groups excluding carboxylic acids is 2. The number of ether oxygens (including phenoxy) is 2. The number of fused-ring (bicyclic) bond motifs is 1. The van der Waals surface area contributed by atoms with Crippen LogP contribution in [0.1, 0.15) is 11.3 Å². The third-order valence-corrected chi connectivity index (χ3v) is 5.51. The summed E-state index contributed by atoms with van der Waals surface area (Å²) < 4.78 is 15.8. The molecule has 1 amide bonds. The van der Waals surface area contributed by atoms with Gasteiger partial charge >= 0.3 is 12.1 Å². The highest BCUT2D eigenvalue weighted by molar-refractivity contribution is 7.08. The van der Waals surface area contributed by atoms with Crippen LogP contribution in [0.3, 0.4) is 0 Å². The van der Waals surface area contributed by atoms with Gasteiger partial charge in [0.15, 0.2) is 6.61 Å². The van der Waals surface area contributed by atoms with Gasteiger partial charge in [0, 0.05) is 11.8 Å². The van der Waals surface area contributed by atoms with Crippen molar-refractivity contribution in [3.63, 3.8) is 0 Å². The molecule has 0 unspecified atom stereocenters. The quantitative estimate of drug-likeness (QED) is 0.405. The molecule has 4 rings (SSSR count). The van der Waals surface area contributed by atoms with E-state index in [9.17, 15) is 9.59 Å². The molecule has 2 heterocycles. The molecule has 0 aliphatic heterocycles. The fourth-order valence-electron chi connectivity index (χ4n) is 3.28. The lowest BCUT2D eigenvalue weighted by atomic mass is 10.1. The number of alkyl carbamates (subject to hydrolysis) is 1. The molecular formula is C24H21NO5S. The fourth-order valence-corrected chi connectivity index (χ4v) is 3.95. The third kappa shape index (κ3) is 5.13. The predicted molar refractivity (Wildman–Crippen MR) is 119 cm³/mol.